The highest BCUT2D eigenvalue weighted by Crippen LogP contribution is 2.44. The molecule has 2 aliphatic heterocycles. The molecular formula is C26H19NO6. The fraction of sp³-hybridized carbons (Fsp3) is 0.115. The van der Waals surface area contributed by atoms with Gasteiger partial charge in [-0.15, -0.1) is 0 Å². The normalized spacial score (nSPS) is 13.2. The van der Waals surface area contributed by atoms with Crippen molar-refractivity contribution in [3.05, 3.63) is 78.4 Å². The second-order valence-corrected chi connectivity index (χ2v) is 7.70. The van der Waals surface area contributed by atoms with E-state index in [1.807, 2.05) is 72.8 Å². The van der Waals surface area contributed by atoms with Crippen LogP contribution in [0.1, 0.15) is 5.56 Å². The molecule has 0 unspecified atom stereocenters. The zero-order valence-corrected chi connectivity index (χ0v) is 17.5. The minimum absolute atomic E-state index is 0.163. The number of benzene rings is 3. The van der Waals surface area contributed by atoms with Gasteiger partial charge in [0.2, 0.25) is 25.4 Å². The van der Waals surface area contributed by atoms with E-state index in [1.165, 1.54) is 0 Å². The van der Waals surface area contributed by atoms with E-state index in [0.717, 1.165) is 22.3 Å². The number of anilines is 1. The van der Waals surface area contributed by atoms with E-state index in [-0.39, 0.29) is 25.9 Å². The SMILES string of the molecule is O=C(Cc1ccccc1)Nc1cc(-c2ccc3c(c2)OCO3)c(-c2ccc3c(c2)OCO3)o1. The van der Waals surface area contributed by atoms with Gasteiger partial charge in [0, 0.05) is 17.2 Å². The summed E-state index contributed by atoms with van der Waals surface area (Å²) in [6.07, 6.45) is 0.250. The summed E-state index contributed by atoms with van der Waals surface area (Å²) in [5, 5.41) is 2.88. The first-order valence-corrected chi connectivity index (χ1v) is 10.5. The van der Waals surface area contributed by atoms with Crippen molar-refractivity contribution in [1.82, 2.24) is 0 Å². The van der Waals surface area contributed by atoms with E-state index >= 15 is 0 Å². The van der Waals surface area contributed by atoms with Gasteiger partial charge < -0.3 is 23.4 Å². The van der Waals surface area contributed by atoms with Crippen molar-refractivity contribution in [3.8, 4) is 45.4 Å². The van der Waals surface area contributed by atoms with Crippen LogP contribution in [-0.2, 0) is 11.2 Å². The van der Waals surface area contributed by atoms with E-state index in [4.69, 9.17) is 23.4 Å². The summed E-state index contributed by atoms with van der Waals surface area (Å²) in [6, 6.07) is 22.7. The van der Waals surface area contributed by atoms with Crippen LogP contribution in [0.2, 0.25) is 0 Å². The molecule has 0 atom stereocenters. The van der Waals surface area contributed by atoms with Crippen molar-refractivity contribution >= 4 is 11.8 Å². The topological polar surface area (TPSA) is 79.2 Å². The van der Waals surface area contributed by atoms with Gasteiger partial charge in [-0.1, -0.05) is 36.4 Å². The molecule has 0 aliphatic carbocycles. The molecule has 0 spiro atoms. The maximum atomic E-state index is 12.6. The monoisotopic (exact) mass is 441 g/mol. The third kappa shape index (κ3) is 3.74. The lowest BCUT2D eigenvalue weighted by Gasteiger charge is -2.05. The number of amides is 1. The molecule has 0 saturated heterocycles. The predicted molar refractivity (Wildman–Crippen MR) is 121 cm³/mol. The molecule has 1 N–H and O–H groups in total. The summed E-state index contributed by atoms with van der Waals surface area (Å²) in [4.78, 5) is 12.6. The van der Waals surface area contributed by atoms with Crippen LogP contribution >= 0.6 is 0 Å². The quantitative estimate of drug-likeness (QED) is 0.456. The maximum Gasteiger partial charge on any atom is 0.231 e. The van der Waals surface area contributed by atoms with Crippen LogP contribution in [0.3, 0.4) is 0 Å². The van der Waals surface area contributed by atoms with Crippen LogP contribution in [0, 0.1) is 0 Å². The summed E-state index contributed by atoms with van der Waals surface area (Å²) in [7, 11) is 0. The van der Waals surface area contributed by atoms with E-state index < -0.39 is 0 Å². The second-order valence-electron chi connectivity index (χ2n) is 7.70. The first-order chi connectivity index (χ1) is 16.2. The molecule has 0 fully saturated rings. The number of nitrogens with one attached hydrogen (secondary N) is 1. The highest BCUT2D eigenvalue weighted by molar-refractivity contribution is 5.93. The maximum absolute atomic E-state index is 12.6. The molecule has 33 heavy (non-hydrogen) atoms. The van der Waals surface area contributed by atoms with Crippen LogP contribution in [0.5, 0.6) is 23.0 Å². The van der Waals surface area contributed by atoms with Crippen molar-refractivity contribution in [3.63, 3.8) is 0 Å². The van der Waals surface area contributed by atoms with Crippen LogP contribution in [0.25, 0.3) is 22.5 Å². The Hall–Kier alpha value is -4.39. The molecule has 4 aromatic rings. The largest absolute Gasteiger partial charge is 0.454 e. The number of fused-ring (bicyclic) bond motifs is 2. The predicted octanol–water partition coefficient (Wildman–Crippen LogP) is 5.25. The standard InChI is InChI=1S/C26H19NO6/c28-24(10-16-4-2-1-3-5-16)27-25-13-19(17-6-8-20-22(11-17)31-14-29-20)26(33-25)18-7-9-21-23(12-18)32-15-30-21/h1-9,11-13H,10,14-15H2,(H,27,28). The van der Waals surface area contributed by atoms with E-state index in [9.17, 15) is 4.79 Å². The summed E-state index contributed by atoms with van der Waals surface area (Å²) >= 11 is 0. The zero-order chi connectivity index (χ0) is 22.2. The Balaban J connectivity index is 1.37. The summed E-state index contributed by atoms with van der Waals surface area (Å²) in [5.74, 6) is 3.49. The van der Waals surface area contributed by atoms with Gasteiger partial charge in [0.25, 0.3) is 0 Å². The van der Waals surface area contributed by atoms with E-state index in [2.05, 4.69) is 5.32 Å². The molecule has 164 valence electrons. The molecule has 1 amide bonds. The van der Waals surface area contributed by atoms with E-state index in [0.29, 0.717) is 34.6 Å². The lowest BCUT2D eigenvalue weighted by Crippen LogP contribution is -2.13. The van der Waals surface area contributed by atoms with Crippen molar-refractivity contribution < 1.29 is 28.2 Å². The van der Waals surface area contributed by atoms with Gasteiger partial charge in [0.1, 0.15) is 5.76 Å². The summed E-state index contributed by atoms with van der Waals surface area (Å²) in [5.41, 5.74) is 3.41. The average molecular weight is 441 g/mol. The first kappa shape index (κ1) is 19.3. The molecular weight excluding hydrogens is 422 g/mol. The fourth-order valence-corrected chi connectivity index (χ4v) is 3.95. The first-order valence-electron chi connectivity index (χ1n) is 10.5. The molecule has 0 saturated carbocycles. The number of hydrogen-bond acceptors (Lipinski definition) is 6. The minimum atomic E-state index is -0.163. The van der Waals surface area contributed by atoms with Crippen molar-refractivity contribution in [2.24, 2.45) is 0 Å². The van der Waals surface area contributed by atoms with Crippen LogP contribution < -0.4 is 24.3 Å². The van der Waals surface area contributed by atoms with Crippen LogP contribution in [0.15, 0.2) is 77.2 Å². The zero-order valence-electron chi connectivity index (χ0n) is 17.5. The fourth-order valence-electron chi connectivity index (χ4n) is 3.95. The summed E-state index contributed by atoms with van der Waals surface area (Å²) in [6.45, 7) is 0.382. The molecule has 3 heterocycles. The summed E-state index contributed by atoms with van der Waals surface area (Å²) < 4.78 is 28.1. The van der Waals surface area contributed by atoms with Crippen molar-refractivity contribution in [2.75, 3.05) is 18.9 Å². The average Bonchev–Trinajstić information content (AvgIpc) is 3.58. The van der Waals surface area contributed by atoms with Gasteiger partial charge >= 0.3 is 0 Å². The highest BCUT2D eigenvalue weighted by atomic mass is 16.7. The Bertz CT molecular complexity index is 1270. The minimum Gasteiger partial charge on any atom is -0.454 e. The number of hydrogen-bond donors (Lipinski definition) is 1. The Morgan fingerprint density at radius 3 is 2.09 bits per heavy atom. The smallest absolute Gasteiger partial charge is 0.231 e. The molecule has 7 nitrogen and oxygen atoms in total. The number of furan rings is 1. The Morgan fingerprint density at radius 1 is 0.727 bits per heavy atom. The molecule has 3 aromatic carbocycles. The Morgan fingerprint density at radius 2 is 1.36 bits per heavy atom. The Labute approximate surface area is 189 Å². The van der Waals surface area contributed by atoms with Gasteiger partial charge in [0.15, 0.2) is 23.0 Å². The van der Waals surface area contributed by atoms with Crippen molar-refractivity contribution in [2.45, 2.75) is 6.42 Å². The number of carbonyl (C=O) groups excluding carboxylic acids is 1. The highest BCUT2D eigenvalue weighted by Gasteiger charge is 2.22. The molecule has 6 rings (SSSR count). The van der Waals surface area contributed by atoms with Crippen LogP contribution in [0.4, 0.5) is 5.88 Å². The van der Waals surface area contributed by atoms with Gasteiger partial charge in [-0.25, -0.2) is 0 Å². The van der Waals surface area contributed by atoms with Gasteiger partial charge in [-0.05, 0) is 41.5 Å². The van der Waals surface area contributed by atoms with Crippen LogP contribution in [-0.4, -0.2) is 19.5 Å². The molecule has 2 aliphatic rings. The second kappa shape index (κ2) is 7.94. The molecule has 1 aromatic heterocycles. The van der Waals surface area contributed by atoms with Gasteiger partial charge in [0.05, 0.1) is 6.42 Å². The number of carbonyl (C=O) groups is 1. The van der Waals surface area contributed by atoms with Crippen molar-refractivity contribution in [1.29, 1.82) is 0 Å². The van der Waals surface area contributed by atoms with E-state index in [1.54, 1.807) is 0 Å². The third-order valence-electron chi connectivity index (χ3n) is 5.52. The third-order valence-corrected chi connectivity index (χ3v) is 5.52. The molecule has 7 heteroatoms. The molecule has 0 radical (unpaired) electrons. The lowest BCUT2D eigenvalue weighted by atomic mass is 10.0. The lowest BCUT2D eigenvalue weighted by molar-refractivity contribution is -0.115. The molecule has 0 bridgehead atoms. The number of ether oxygens (including phenoxy) is 4. The Kier molecular flexibility index (Phi) is 4.65. The number of rotatable bonds is 5. The van der Waals surface area contributed by atoms with Gasteiger partial charge in [-0.3, -0.25) is 10.1 Å². The van der Waals surface area contributed by atoms with Gasteiger partial charge in [-0.2, -0.15) is 0 Å².